The van der Waals surface area contributed by atoms with Gasteiger partial charge in [0.1, 0.15) is 0 Å². The molecule has 1 aliphatic rings. The highest BCUT2D eigenvalue weighted by Gasteiger charge is 2.29. The average molecular weight is 300 g/mol. The highest BCUT2D eigenvalue weighted by molar-refractivity contribution is 5.85. The Balaban J connectivity index is 1.87. The molecule has 22 heavy (non-hydrogen) atoms. The summed E-state index contributed by atoms with van der Waals surface area (Å²) in [4.78, 5) is 2.51. The third-order valence-corrected chi connectivity index (χ3v) is 5.31. The maximum absolute atomic E-state index is 10.5. The first-order chi connectivity index (χ1) is 10.6. The van der Waals surface area contributed by atoms with Crippen molar-refractivity contribution in [1.29, 1.82) is 0 Å². The van der Waals surface area contributed by atoms with Gasteiger partial charge in [0.15, 0.2) is 0 Å². The van der Waals surface area contributed by atoms with Crippen LogP contribution in [0, 0.1) is 12.8 Å². The van der Waals surface area contributed by atoms with Crippen molar-refractivity contribution in [2.24, 2.45) is 13.0 Å². The number of benzene rings is 1. The summed E-state index contributed by atoms with van der Waals surface area (Å²) in [5.74, 6) is 0.352. The van der Waals surface area contributed by atoms with Gasteiger partial charge in [-0.05, 0) is 44.4 Å². The molecule has 1 N–H and O–H groups in total. The third-order valence-electron chi connectivity index (χ3n) is 5.31. The van der Waals surface area contributed by atoms with Gasteiger partial charge in [-0.1, -0.05) is 25.1 Å². The second-order valence-electron chi connectivity index (χ2n) is 6.76. The molecule has 3 heteroatoms. The van der Waals surface area contributed by atoms with E-state index in [9.17, 15) is 5.11 Å². The molecule has 3 rings (SSSR count). The monoisotopic (exact) mass is 300 g/mol. The Labute approximate surface area is 133 Å². The second-order valence-corrected chi connectivity index (χ2v) is 6.76. The molecule has 0 spiro atoms. The molecule has 1 aromatic carbocycles. The Morgan fingerprint density at radius 2 is 2.05 bits per heavy atom. The van der Waals surface area contributed by atoms with Crippen LogP contribution in [0.3, 0.4) is 0 Å². The zero-order chi connectivity index (χ0) is 15.7. The van der Waals surface area contributed by atoms with Crippen molar-refractivity contribution in [1.82, 2.24) is 9.47 Å². The summed E-state index contributed by atoms with van der Waals surface area (Å²) >= 11 is 0. The minimum Gasteiger partial charge on any atom is -0.393 e. The summed E-state index contributed by atoms with van der Waals surface area (Å²) in [7, 11) is 2.14. The van der Waals surface area contributed by atoms with E-state index in [0.717, 1.165) is 32.5 Å². The van der Waals surface area contributed by atoms with Crippen molar-refractivity contribution in [3.8, 4) is 0 Å². The predicted molar refractivity (Wildman–Crippen MR) is 92.2 cm³/mol. The van der Waals surface area contributed by atoms with Crippen LogP contribution in [0.15, 0.2) is 24.3 Å². The van der Waals surface area contributed by atoms with E-state index in [4.69, 9.17) is 0 Å². The smallest absolute Gasteiger partial charge is 0.0596 e. The van der Waals surface area contributed by atoms with E-state index in [-0.39, 0.29) is 6.10 Å². The lowest BCUT2D eigenvalue weighted by molar-refractivity contribution is 0.0271. The van der Waals surface area contributed by atoms with Gasteiger partial charge in [0, 0.05) is 42.7 Å². The lowest BCUT2D eigenvalue weighted by atomic mass is 9.87. The topological polar surface area (TPSA) is 28.4 Å². The quantitative estimate of drug-likeness (QED) is 0.940. The Kier molecular flexibility index (Phi) is 4.55. The van der Waals surface area contributed by atoms with Crippen LogP contribution in [0.25, 0.3) is 10.9 Å². The number of aromatic nitrogens is 1. The minimum atomic E-state index is -0.161. The molecule has 1 saturated heterocycles. The molecule has 1 aromatic heterocycles. The second kappa shape index (κ2) is 6.43. The van der Waals surface area contributed by atoms with Crippen molar-refractivity contribution in [2.45, 2.75) is 39.2 Å². The molecule has 0 amide bonds. The van der Waals surface area contributed by atoms with Crippen molar-refractivity contribution in [2.75, 3.05) is 19.6 Å². The molecule has 2 atom stereocenters. The summed E-state index contributed by atoms with van der Waals surface area (Å²) in [5, 5.41) is 11.8. The Morgan fingerprint density at radius 3 is 2.82 bits per heavy atom. The molecular formula is C19H28N2O. The van der Waals surface area contributed by atoms with E-state index in [1.54, 1.807) is 0 Å². The third kappa shape index (κ3) is 2.80. The number of aryl methyl sites for hydroxylation is 1. The number of piperidine rings is 1. The molecule has 0 aliphatic carbocycles. The Bertz CT molecular complexity index is 646. The van der Waals surface area contributed by atoms with Crippen molar-refractivity contribution >= 4 is 10.9 Å². The Morgan fingerprint density at radius 1 is 1.27 bits per heavy atom. The summed E-state index contributed by atoms with van der Waals surface area (Å²) in [6, 6.07) is 8.62. The largest absolute Gasteiger partial charge is 0.393 e. The molecule has 120 valence electrons. The van der Waals surface area contributed by atoms with Gasteiger partial charge < -0.3 is 14.6 Å². The van der Waals surface area contributed by atoms with Crippen molar-refractivity contribution < 1.29 is 5.11 Å². The highest BCUT2D eigenvalue weighted by Crippen LogP contribution is 2.30. The van der Waals surface area contributed by atoms with Crippen LogP contribution < -0.4 is 0 Å². The summed E-state index contributed by atoms with van der Waals surface area (Å²) in [5.41, 5.74) is 4.05. The zero-order valence-corrected chi connectivity index (χ0v) is 14.0. The maximum Gasteiger partial charge on any atom is 0.0596 e. The van der Waals surface area contributed by atoms with E-state index in [1.807, 2.05) is 0 Å². The molecule has 3 nitrogen and oxygen atoms in total. The van der Waals surface area contributed by atoms with Gasteiger partial charge in [0.2, 0.25) is 0 Å². The van der Waals surface area contributed by atoms with Gasteiger partial charge in [-0.2, -0.15) is 0 Å². The molecule has 0 saturated carbocycles. The van der Waals surface area contributed by atoms with Crippen LogP contribution in [0.2, 0.25) is 0 Å². The molecule has 1 aliphatic heterocycles. The summed E-state index contributed by atoms with van der Waals surface area (Å²) in [6.07, 6.45) is 2.92. The van der Waals surface area contributed by atoms with Gasteiger partial charge in [0.05, 0.1) is 6.10 Å². The maximum atomic E-state index is 10.5. The molecule has 2 aromatic rings. The number of likely N-dealkylation sites (tertiary alicyclic amines) is 1. The lowest BCUT2D eigenvalue weighted by Crippen LogP contribution is -2.44. The van der Waals surface area contributed by atoms with E-state index in [0.29, 0.717) is 5.92 Å². The van der Waals surface area contributed by atoms with Crippen LogP contribution in [-0.2, 0) is 13.5 Å². The minimum absolute atomic E-state index is 0.161. The highest BCUT2D eigenvalue weighted by atomic mass is 16.3. The first-order valence-electron chi connectivity index (χ1n) is 8.55. The number of rotatable bonds is 4. The van der Waals surface area contributed by atoms with Gasteiger partial charge in [-0.25, -0.2) is 0 Å². The first-order valence-corrected chi connectivity index (χ1v) is 8.55. The fourth-order valence-corrected chi connectivity index (χ4v) is 3.93. The number of aliphatic hydroxyl groups excluding tert-OH is 1. The number of para-hydroxylation sites is 1. The standard InChI is InChI=1S/C19H28N2O/c1-4-10-21-11-9-19(22)15(13-21)12-17-14(2)20(3)18-8-6-5-7-16(17)18/h5-8,15,19,22H,4,9-13H2,1-3H3. The van der Waals surface area contributed by atoms with Crippen LogP contribution >= 0.6 is 0 Å². The summed E-state index contributed by atoms with van der Waals surface area (Å²) in [6.45, 7) is 7.65. The van der Waals surface area contributed by atoms with Crippen LogP contribution in [-0.4, -0.2) is 40.3 Å². The zero-order valence-electron chi connectivity index (χ0n) is 14.0. The normalized spacial score (nSPS) is 23.3. The SMILES string of the molecule is CCCN1CCC(O)C(Cc2c(C)n(C)c3ccccc23)C1. The molecule has 2 unspecified atom stereocenters. The molecule has 0 radical (unpaired) electrons. The van der Waals surface area contributed by atoms with Gasteiger partial charge in [-0.15, -0.1) is 0 Å². The van der Waals surface area contributed by atoms with Crippen LogP contribution in [0.1, 0.15) is 31.0 Å². The fourth-order valence-electron chi connectivity index (χ4n) is 3.93. The average Bonchev–Trinajstić information content (AvgIpc) is 2.76. The van der Waals surface area contributed by atoms with Gasteiger partial charge in [-0.3, -0.25) is 0 Å². The molecule has 2 heterocycles. The Hall–Kier alpha value is -1.32. The molecular weight excluding hydrogens is 272 g/mol. The predicted octanol–water partition coefficient (Wildman–Crippen LogP) is 3.12. The lowest BCUT2D eigenvalue weighted by Gasteiger charge is -2.36. The van der Waals surface area contributed by atoms with E-state index in [1.165, 1.54) is 28.6 Å². The van der Waals surface area contributed by atoms with E-state index in [2.05, 4.69) is 54.6 Å². The first kappa shape index (κ1) is 15.6. The number of nitrogens with zero attached hydrogens (tertiary/aromatic N) is 2. The number of hydrogen-bond donors (Lipinski definition) is 1. The number of hydrogen-bond acceptors (Lipinski definition) is 2. The van der Waals surface area contributed by atoms with E-state index < -0.39 is 0 Å². The molecule has 0 bridgehead atoms. The number of aliphatic hydroxyl groups is 1. The van der Waals surface area contributed by atoms with Crippen molar-refractivity contribution in [3.63, 3.8) is 0 Å². The van der Waals surface area contributed by atoms with Crippen LogP contribution in [0.4, 0.5) is 0 Å². The van der Waals surface area contributed by atoms with Crippen LogP contribution in [0.5, 0.6) is 0 Å². The van der Waals surface area contributed by atoms with Gasteiger partial charge >= 0.3 is 0 Å². The fraction of sp³-hybridized carbons (Fsp3) is 0.579. The summed E-state index contributed by atoms with van der Waals surface area (Å²) < 4.78 is 2.28. The van der Waals surface area contributed by atoms with Crippen molar-refractivity contribution in [3.05, 3.63) is 35.5 Å². The molecule has 1 fully saturated rings. The van der Waals surface area contributed by atoms with Gasteiger partial charge in [0.25, 0.3) is 0 Å². The van der Waals surface area contributed by atoms with E-state index >= 15 is 0 Å². The number of fused-ring (bicyclic) bond motifs is 1.